The molecule has 0 bridgehead atoms. The maximum Gasteiger partial charge on any atom is 0.196 e. The predicted molar refractivity (Wildman–Crippen MR) is 50.4 cm³/mol. The Balaban J connectivity index is 3.79. The quantitative estimate of drug-likeness (QED) is 0.396. The Kier molecular flexibility index (Phi) is 4.28. The Morgan fingerprint density at radius 1 is 1.67 bits per heavy atom. The molecule has 0 aromatic carbocycles. The first kappa shape index (κ1) is 9.88. The third-order valence-electron chi connectivity index (χ3n) is 1.29. The van der Waals surface area contributed by atoms with Gasteiger partial charge in [0.05, 0.1) is 0 Å². The van der Waals surface area contributed by atoms with E-state index in [1.165, 1.54) is 10.8 Å². The molecule has 0 fully saturated rings. The van der Waals surface area contributed by atoms with Crippen molar-refractivity contribution in [1.82, 2.24) is 0 Å². The van der Waals surface area contributed by atoms with E-state index in [1.54, 1.807) is 0 Å². The summed E-state index contributed by atoms with van der Waals surface area (Å²) >= 11 is 4.08. The molecule has 1 unspecified atom stereocenters. The highest BCUT2D eigenvalue weighted by Crippen LogP contribution is 2.25. The zero-order valence-electron chi connectivity index (χ0n) is 6.09. The lowest BCUT2D eigenvalue weighted by Crippen LogP contribution is -2.38. The fourth-order valence-corrected chi connectivity index (χ4v) is 5.65. The highest BCUT2D eigenvalue weighted by molar-refractivity contribution is 8.69. The average Bonchev–Trinajstić information content (AvgIpc) is 1.65. The van der Waals surface area contributed by atoms with Crippen LogP contribution in [0.3, 0.4) is 0 Å². The second kappa shape index (κ2) is 3.90. The van der Waals surface area contributed by atoms with Crippen molar-refractivity contribution in [3.8, 4) is 0 Å². The standard InChI is InChI=1S/C5H14OS2Si/c1-4-5(8-7)9(2,3)6/h5-7H,4H2,1-3H3. The molecular weight excluding hydrogens is 168 g/mol. The van der Waals surface area contributed by atoms with Crippen LogP contribution in [0.5, 0.6) is 0 Å². The van der Waals surface area contributed by atoms with Crippen LogP contribution in [0.4, 0.5) is 0 Å². The zero-order chi connectivity index (χ0) is 7.49. The maximum atomic E-state index is 9.55. The van der Waals surface area contributed by atoms with Gasteiger partial charge in [-0.3, -0.25) is 0 Å². The van der Waals surface area contributed by atoms with E-state index in [4.69, 9.17) is 0 Å². The first-order chi connectivity index (χ1) is 4.02. The summed E-state index contributed by atoms with van der Waals surface area (Å²) in [4.78, 5) is 9.92. The minimum absolute atomic E-state index is 0.376. The van der Waals surface area contributed by atoms with Crippen molar-refractivity contribution in [2.75, 3.05) is 0 Å². The first-order valence-electron chi connectivity index (χ1n) is 3.05. The fraction of sp³-hybridized carbons (Fsp3) is 1.00. The molecule has 0 rings (SSSR count). The van der Waals surface area contributed by atoms with Gasteiger partial charge in [-0.15, -0.1) is 11.7 Å². The summed E-state index contributed by atoms with van der Waals surface area (Å²) in [6.45, 7) is 5.98. The molecule has 0 amide bonds. The van der Waals surface area contributed by atoms with Crippen LogP contribution in [-0.4, -0.2) is 18.0 Å². The number of thiol groups is 1. The van der Waals surface area contributed by atoms with Gasteiger partial charge in [0.2, 0.25) is 0 Å². The molecule has 0 aromatic rings. The zero-order valence-corrected chi connectivity index (χ0v) is 8.80. The van der Waals surface area contributed by atoms with E-state index in [0.29, 0.717) is 4.87 Å². The Morgan fingerprint density at radius 2 is 2.11 bits per heavy atom. The molecule has 0 aliphatic rings. The predicted octanol–water partition coefficient (Wildman–Crippen LogP) is 2.08. The molecule has 56 valence electrons. The van der Waals surface area contributed by atoms with Gasteiger partial charge in [-0.05, 0) is 19.5 Å². The van der Waals surface area contributed by atoms with Crippen molar-refractivity contribution in [2.45, 2.75) is 31.3 Å². The van der Waals surface area contributed by atoms with Gasteiger partial charge >= 0.3 is 0 Å². The molecule has 1 nitrogen and oxygen atoms in total. The SMILES string of the molecule is CCC(SS)[Si](C)(C)O. The molecule has 1 N–H and O–H groups in total. The molecule has 1 atom stereocenters. The lowest BCUT2D eigenvalue weighted by atomic mass is 10.6. The molecule has 9 heavy (non-hydrogen) atoms. The minimum atomic E-state index is -1.90. The summed E-state index contributed by atoms with van der Waals surface area (Å²) in [5.41, 5.74) is 0. The van der Waals surface area contributed by atoms with Crippen LogP contribution in [0.15, 0.2) is 0 Å². The summed E-state index contributed by atoms with van der Waals surface area (Å²) in [7, 11) is -0.417. The Labute approximate surface area is 67.2 Å². The van der Waals surface area contributed by atoms with Crippen LogP contribution in [0.1, 0.15) is 13.3 Å². The number of hydrogen-bond acceptors (Lipinski definition) is 3. The molecule has 0 saturated carbocycles. The van der Waals surface area contributed by atoms with Crippen molar-refractivity contribution in [1.29, 1.82) is 0 Å². The van der Waals surface area contributed by atoms with Gasteiger partial charge < -0.3 is 4.80 Å². The van der Waals surface area contributed by atoms with Gasteiger partial charge in [-0.2, -0.15) is 0 Å². The van der Waals surface area contributed by atoms with Crippen LogP contribution in [0.2, 0.25) is 13.1 Å². The molecule has 0 aromatic heterocycles. The summed E-state index contributed by atoms with van der Waals surface area (Å²) in [5.74, 6) is 0. The van der Waals surface area contributed by atoms with E-state index in [-0.39, 0.29) is 0 Å². The molecular formula is C5H14OS2Si. The van der Waals surface area contributed by atoms with Crippen molar-refractivity contribution in [3.05, 3.63) is 0 Å². The second-order valence-corrected chi connectivity index (χ2v) is 8.49. The van der Waals surface area contributed by atoms with E-state index in [2.05, 4.69) is 18.6 Å². The summed E-state index contributed by atoms with van der Waals surface area (Å²) < 4.78 is 0. The van der Waals surface area contributed by atoms with Crippen LogP contribution >= 0.6 is 22.5 Å². The summed E-state index contributed by atoms with van der Waals surface area (Å²) in [6.07, 6.45) is 1.02. The molecule has 0 aliphatic heterocycles. The number of hydrogen-bond donors (Lipinski definition) is 2. The highest BCUT2D eigenvalue weighted by atomic mass is 33.1. The van der Waals surface area contributed by atoms with E-state index in [9.17, 15) is 4.80 Å². The Morgan fingerprint density at radius 3 is 2.11 bits per heavy atom. The Hall–Kier alpha value is 0.877. The molecule has 0 heterocycles. The van der Waals surface area contributed by atoms with E-state index >= 15 is 0 Å². The van der Waals surface area contributed by atoms with Crippen molar-refractivity contribution in [2.24, 2.45) is 0 Å². The largest absolute Gasteiger partial charge is 0.431 e. The summed E-state index contributed by atoms with van der Waals surface area (Å²) in [6, 6.07) is 0. The van der Waals surface area contributed by atoms with Gasteiger partial charge in [-0.1, -0.05) is 17.7 Å². The lowest BCUT2D eigenvalue weighted by molar-refractivity contribution is 0.542. The van der Waals surface area contributed by atoms with E-state index in [1.807, 2.05) is 13.1 Å². The first-order valence-corrected chi connectivity index (χ1v) is 8.00. The molecule has 0 aliphatic carbocycles. The minimum Gasteiger partial charge on any atom is -0.431 e. The van der Waals surface area contributed by atoms with Gasteiger partial charge in [0, 0.05) is 4.87 Å². The lowest BCUT2D eigenvalue weighted by Gasteiger charge is -2.22. The van der Waals surface area contributed by atoms with Gasteiger partial charge in [0.1, 0.15) is 0 Å². The molecule has 0 saturated heterocycles. The molecule has 0 radical (unpaired) electrons. The van der Waals surface area contributed by atoms with Crippen molar-refractivity contribution < 1.29 is 4.80 Å². The van der Waals surface area contributed by atoms with Crippen LogP contribution < -0.4 is 0 Å². The topological polar surface area (TPSA) is 20.2 Å². The van der Waals surface area contributed by atoms with Crippen LogP contribution in [0, 0.1) is 0 Å². The van der Waals surface area contributed by atoms with Gasteiger partial charge in [-0.25, -0.2) is 0 Å². The molecule has 4 heteroatoms. The van der Waals surface area contributed by atoms with Crippen LogP contribution in [-0.2, 0) is 0 Å². The van der Waals surface area contributed by atoms with Crippen molar-refractivity contribution in [3.63, 3.8) is 0 Å². The monoisotopic (exact) mass is 182 g/mol. The second-order valence-electron chi connectivity index (χ2n) is 2.66. The molecule has 0 spiro atoms. The third kappa shape index (κ3) is 3.55. The Bertz CT molecular complexity index is 77.5. The van der Waals surface area contributed by atoms with Gasteiger partial charge in [0.15, 0.2) is 8.32 Å². The number of rotatable bonds is 3. The summed E-state index contributed by atoms with van der Waals surface area (Å²) in [5, 5.41) is 0. The third-order valence-corrected chi connectivity index (χ3v) is 7.30. The fourth-order valence-electron chi connectivity index (χ4n) is 0.703. The van der Waals surface area contributed by atoms with Gasteiger partial charge in [0.25, 0.3) is 0 Å². The van der Waals surface area contributed by atoms with E-state index < -0.39 is 8.32 Å². The highest BCUT2D eigenvalue weighted by Gasteiger charge is 2.27. The maximum absolute atomic E-state index is 9.55. The average molecular weight is 182 g/mol. The van der Waals surface area contributed by atoms with Crippen molar-refractivity contribution >= 4 is 30.8 Å². The van der Waals surface area contributed by atoms with E-state index in [0.717, 1.165) is 6.42 Å². The van der Waals surface area contributed by atoms with Crippen LogP contribution in [0.25, 0.3) is 0 Å². The smallest absolute Gasteiger partial charge is 0.196 e. The normalized spacial score (nSPS) is 15.7.